The van der Waals surface area contributed by atoms with E-state index < -0.39 is 10.1 Å². The molecule has 0 aromatic heterocycles. The van der Waals surface area contributed by atoms with Crippen LogP contribution in [-0.2, 0) is 15.9 Å². The van der Waals surface area contributed by atoms with Gasteiger partial charge in [0, 0.05) is 0 Å². The van der Waals surface area contributed by atoms with Gasteiger partial charge >= 0.3 is 10.1 Å². The van der Waals surface area contributed by atoms with E-state index in [4.69, 9.17) is 4.18 Å². The summed E-state index contributed by atoms with van der Waals surface area (Å²) in [5.41, 5.74) is 1.36. The van der Waals surface area contributed by atoms with E-state index in [9.17, 15) is 13.5 Å². The second-order valence-corrected chi connectivity index (χ2v) is 6.96. The van der Waals surface area contributed by atoms with Gasteiger partial charge in [-0.1, -0.05) is 36.9 Å². The van der Waals surface area contributed by atoms with E-state index in [0.29, 0.717) is 9.13 Å². The van der Waals surface area contributed by atoms with Crippen molar-refractivity contribution in [1.29, 1.82) is 0 Å². The van der Waals surface area contributed by atoms with Crippen LogP contribution in [0.1, 0.15) is 11.1 Å². The van der Waals surface area contributed by atoms with Gasteiger partial charge in [0.15, 0.2) is 5.75 Å². The van der Waals surface area contributed by atoms with Crippen LogP contribution in [0.15, 0.2) is 49.0 Å². The summed E-state index contributed by atoms with van der Waals surface area (Å²) in [6.45, 7) is 3.67. The van der Waals surface area contributed by atoms with E-state index in [-0.39, 0.29) is 17.3 Å². The first-order valence-electron chi connectivity index (χ1n) is 6.02. The fourth-order valence-electron chi connectivity index (χ4n) is 1.71. The van der Waals surface area contributed by atoms with Gasteiger partial charge < -0.3 is 9.29 Å². The number of aromatic hydroxyl groups is 1. The van der Waals surface area contributed by atoms with Crippen LogP contribution in [0.4, 0.5) is 0 Å². The van der Waals surface area contributed by atoms with Crippen molar-refractivity contribution >= 4 is 38.8 Å². The van der Waals surface area contributed by atoms with Gasteiger partial charge in [0.25, 0.3) is 0 Å². The van der Waals surface area contributed by atoms with E-state index >= 15 is 0 Å². The molecule has 0 atom stereocenters. The van der Waals surface area contributed by atoms with Crippen molar-refractivity contribution in [3.63, 3.8) is 0 Å². The summed E-state index contributed by atoms with van der Waals surface area (Å²) in [5, 5.41) is 9.19. The Morgan fingerprint density at radius 1 is 1.19 bits per heavy atom. The number of halogens is 1. The maximum absolute atomic E-state index is 12.1. The molecule has 0 radical (unpaired) electrons. The van der Waals surface area contributed by atoms with E-state index in [1.165, 1.54) is 12.1 Å². The van der Waals surface area contributed by atoms with Gasteiger partial charge in [0.1, 0.15) is 11.5 Å². The lowest BCUT2D eigenvalue weighted by Gasteiger charge is -2.10. The third-order valence-electron chi connectivity index (χ3n) is 2.71. The van der Waals surface area contributed by atoms with Crippen LogP contribution in [0, 0.1) is 3.57 Å². The van der Waals surface area contributed by atoms with E-state index in [0.717, 1.165) is 5.56 Å². The molecule has 2 aromatic carbocycles. The van der Waals surface area contributed by atoms with Gasteiger partial charge in [-0.05, 0) is 51.9 Å². The topological polar surface area (TPSA) is 63.6 Å². The summed E-state index contributed by atoms with van der Waals surface area (Å²) >= 11 is 2.02. The van der Waals surface area contributed by atoms with Gasteiger partial charge in [0.05, 0.1) is 3.57 Å². The Balaban J connectivity index is 2.21. The van der Waals surface area contributed by atoms with Crippen molar-refractivity contribution in [3.05, 3.63) is 63.7 Å². The Kier molecular flexibility index (Phi) is 4.89. The lowest BCUT2D eigenvalue weighted by Crippen LogP contribution is -2.13. The molecule has 0 aliphatic heterocycles. The molecule has 0 saturated heterocycles. The van der Waals surface area contributed by atoms with E-state index in [2.05, 4.69) is 6.58 Å². The average Bonchev–Trinajstić information content (AvgIpc) is 2.43. The third-order valence-corrected chi connectivity index (χ3v) is 4.98. The fourth-order valence-corrected chi connectivity index (χ4v) is 3.62. The molecule has 0 aliphatic carbocycles. The molecule has 4 nitrogen and oxygen atoms in total. The summed E-state index contributed by atoms with van der Waals surface area (Å²) in [4.78, 5) is 0. The Hall–Kier alpha value is -1.54. The lowest BCUT2D eigenvalue weighted by molar-refractivity contribution is 0.474. The summed E-state index contributed by atoms with van der Waals surface area (Å²) in [7, 11) is -3.77. The Morgan fingerprint density at radius 3 is 2.48 bits per heavy atom. The normalized spacial score (nSPS) is 11.1. The molecule has 0 heterocycles. The van der Waals surface area contributed by atoms with Crippen molar-refractivity contribution < 1.29 is 17.7 Å². The van der Waals surface area contributed by atoms with Gasteiger partial charge in [0.2, 0.25) is 0 Å². The zero-order valence-electron chi connectivity index (χ0n) is 11.0. The molecule has 0 bridgehead atoms. The smallest absolute Gasteiger partial charge is 0.313 e. The number of phenolic OH excluding ortho intramolecular Hbond substituents is 1. The predicted molar refractivity (Wildman–Crippen MR) is 90.6 cm³/mol. The fraction of sp³-hybridized carbons (Fsp3) is 0.0667. The molecule has 0 unspecified atom stereocenters. The van der Waals surface area contributed by atoms with Gasteiger partial charge in [-0.25, -0.2) is 0 Å². The third kappa shape index (κ3) is 4.21. The van der Waals surface area contributed by atoms with Crippen molar-refractivity contribution in [2.75, 3.05) is 0 Å². The molecule has 21 heavy (non-hydrogen) atoms. The first-order valence-corrected chi connectivity index (χ1v) is 8.68. The summed E-state index contributed by atoms with van der Waals surface area (Å²) in [6.07, 6.45) is 1.64. The molecule has 0 fully saturated rings. The Bertz CT molecular complexity index is 752. The molecule has 6 heteroatoms. The Labute approximate surface area is 137 Å². The monoisotopic (exact) mass is 416 g/mol. The van der Waals surface area contributed by atoms with Crippen molar-refractivity contribution in [2.45, 2.75) is 5.75 Å². The zero-order valence-corrected chi connectivity index (χ0v) is 14.0. The van der Waals surface area contributed by atoms with Gasteiger partial charge in [-0.3, -0.25) is 0 Å². The molecule has 0 spiro atoms. The number of benzene rings is 2. The van der Waals surface area contributed by atoms with Crippen LogP contribution < -0.4 is 4.18 Å². The molecule has 0 saturated carbocycles. The number of hydrogen-bond acceptors (Lipinski definition) is 4. The lowest BCUT2D eigenvalue weighted by atomic mass is 10.2. The molecule has 2 aromatic rings. The molecule has 110 valence electrons. The quantitative estimate of drug-likeness (QED) is 0.598. The molecule has 0 aliphatic rings. The molecule has 0 amide bonds. The second-order valence-electron chi connectivity index (χ2n) is 4.32. The largest absolute Gasteiger partial charge is 0.508 e. The molecule has 2 rings (SSSR count). The maximum atomic E-state index is 12.1. The van der Waals surface area contributed by atoms with Crippen LogP contribution in [0.5, 0.6) is 11.5 Å². The minimum absolute atomic E-state index is 0.0882. The summed E-state index contributed by atoms with van der Waals surface area (Å²) in [5.74, 6) is 0.110. The highest BCUT2D eigenvalue weighted by Crippen LogP contribution is 2.27. The van der Waals surface area contributed by atoms with Crippen LogP contribution in [0.2, 0.25) is 0 Å². The highest BCUT2D eigenvalue weighted by atomic mass is 127. The van der Waals surface area contributed by atoms with Crippen molar-refractivity contribution in [3.8, 4) is 11.5 Å². The van der Waals surface area contributed by atoms with Crippen molar-refractivity contribution in [2.24, 2.45) is 0 Å². The minimum Gasteiger partial charge on any atom is -0.508 e. The number of phenols is 1. The Morgan fingerprint density at radius 2 is 1.86 bits per heavy atom. The van der Waals surface area contributed by atoms with Gasteiger partial charge in [-0.2, -0.15) is 8.42 Å². The minimum atomic E-state index is -3.77. The van der Waals surface area contributed by atoms with E-state index in [1.54, 1.807) is 30.3 Å². The zero-order chi connectivity index (χ0) is 15.5. The second kappa shape index (κ2) is 6.48. The highest BCUT2D eigenvalue weighted by Gasteiger charge is 2.16. The van der Waals surface area contributed by atoms with Crippen molar-refractivity contribution in [1.82, 2.24) is 0 Å². The summed E-state index contributed by atoms with van der Waals surface area (Å²) < 4.78 is 30.0. The molecule has 1 N–H and O–H groups in total. The average molecular weight is 416 g/mol. The number of rotatable bonds is 5. The first kappa shape index (κ1) is 15.8. The predicted octanol–water partition coefficient (Wildman–Crippen LogP) is 3.55. The molecular formula is C15H13IO4S. The van der Waals surface area contributed by atoms with Crippen LogP contribution >= 0.6 is 22.6 Å². The van der Waals surface area contributed by atoms with Crippen LogP contribution in [0.3, 0.4) is 0 Å². The van der Waals surface area contributed by atoms with E-state index in [1.807, 2.05) is 28.7 Å². The van der Waals surface area contributed by atoms with Crippen LogP contribution in [-0.4, -0.2) is 13.5 Å². The van der Waals surface area contributed by atoms with Gasteiger partial charge in [-0.15, -0.1) is 0 Å². The molecular weight excluding hydrogens is 403 g/mol. The number of hydrogen-bond donors (Lipinski definition) is 1. The highest BCUT2D eigenvalue weighted by molar-refractivity contribution is 14.1. The standard InChI is InChI=1S/C15H13IO4S/c1-2-12-4-3-5-14(15(12)16)20-21(18,19)10-11-6-8-13(17)9-7-11/h2-9,17H,1,10H2. The SMILES string of the molecule is C=Cc1cccc(OS(=O)(=O)Cc2ccc(O)cc2)c1I. The van der Waals surface area contributed by atoms with Crippen LogP contribution in [0.25, 0.3) is 6.08 Å². The first-order chi connectivity index (χ1) is 9.91. The summed E-state index contributed by atoms with van der Waals surface area (Å²) in [6, 6.07) is 11.1. The maximum Gasteiger partial charge on any atom is 0.313 e.